The third-order valence-electron chi connectivity index (χ3n) is 1.22. The van der Waals surface area contributed by atoms with Crippen molar-refractivity contribution in [1.82, 2.24) is 4.98 Å². The average molecular weight is 232 g/mol. The monoisotopic (exact) mass is 231 g/mol. The summed E-state index contributed by atoms with van der Waals surface area (Å²) in [5, 5.41) is 4.08. The quantitative estimate of drug-likeness (QED) is 0.713. The summed E-state index contributed by atoms with van der Waals surface area (Å²) in [7, 11) is 0. The molecule has 11 heavy (non-hydrogen) atoms. The summed E-state index contributed by atoms with van der Waals surface area (Å²) in [5.41, 5.74) is 2.41. The van der Waals surface area contributed by atoms with Crippen LogP contribution in [0.25, 0.3) is 6.08 Å². The lowest BCUT2D eigenvalue weighted by Gasteiger charge is -1.89. The minimum Gasteiger partial charge on any atom is -0.242 e. The van der Waals surface area contributed by atoms with Crippen molar-refractivity contribution in [2.75, 3.05) is 5.33 Å². The van der Waals surface area contributed by atoms with Crippen LogP contribution < -0.4 is 0 Å². The van der Waals surface area contributed by atoms with Crippen molar-refractivity contribution >= 4 is 33.3 Å². The highest BCUT2D eigenvalue weighted by atomic mass is 79.9. The summed E-state index contributed by atoms with van der Waals surface area (Å²) in [4.78, 5) is 4.32. The highest BCUT2D eigenvalue weighted by Gasteiger charge is 1.94. The third-order valence-corrected chi connectivity index (χ3v) is 3.01. The van der Waals surface area contributed by atoms with Crippen molar-refractivity contribution in [2.45, 2.75) is 13.8 Å². The highest BCUT2D eigenvalue weighted by molar-refractivity contribution is 9.09. The van der Waals surface area contributed by atoms with Gasteiger partial charge in [-0.2, -0.15) is 0 Å². The van der Waals surface area contributed by atoms with E-state index in [-0.39, 0.29) is 0 Å². The molecule has 0 atom stereocenters. The molecule has 0 aliphatic rings. The van der Waals surface area contributed by atoms with E-state index in [4.69, 9.17) is 0 Å². The maximum absolute atomic E-state index is 4.32. The molecule has 0 aliphatic heterocycles. The van der Waals surface area contributed by atoms with Gasteiger partial charge in [-0.05, 0) is 19.9 Å². The number of alkyl halides is 1. The van der Waals surface area contributed by atoms with Crippen molar-refractivity contribution < 1.29 is 0 Å². The average Bonchev–Trinajstić information content (AvgIpc) is 2.35. The molecule has 1 aromatic heterocycles. The van der Waals surface area contributed by atoms with Crippen molar-refractivity contribution in [3.05, 3.63) is 21.7 Å². The smallest absolute Gasteiger partial charge is 0.116 e. The van der Waals surface area contributed by atoms with E-state index in [0.29, 0.717) is 0 Å². The molecule has 0 spiro atoms. The number of nitrogens with zero attached hydrogens (tertiary/aromatic N) is 1. The molecule has 0 N–H and O–H groups in total. The molecule has 0 bridgehead atoms. The molecule has 0 radical (unpaired) electrons. The summed E-state index contributed by atoms with van der Waals surface area (Å²) in [6.07, 6.45) is 2.10. The van der Waals surface area contributed by atoms with Crippen molar-refractivity contribution in [2.24, 2.45) is 0 Å². The van der Waals surface area contributed by atoms with Gasteiger partial charge in [-0.1, -0.05) is 21.5 Å². The molecule has 1 nitrogen and oxygen atoms in total. The summed E-state index contributed by atoms with van der Waals surface area (Å²) in [6.45, 7) is 4.10. The number of rotatable bonds is 2. The second-order valence-corrected chi connectivity index (χ2v) is 3.90. The lowest BCUT2D eigenvalue weighted by atomic mass is 10.3. The van der Waals surface area contributed by atoms with E-state index in [9.17, 15) is 0 Å². The standard InChI is InChI=1S/C8H10BrNS/c1-6(4-9)3-8-10-7(2)5-11-8/h3,5H,4H2,1-2H3. The Morgan fingerprint density at radius 1 is 1.82 bits per heavy atom. The number of aryl methyl sites for hydroxylation is 1. The van der Waals surface area contributed by atoms with E-state index in [1.807, 2.05) is 6.92 Å². The minimum absolute atomic E-state index is 0.922. The summed E-state index contributed by atoms with van der Waals surface area (Å²) < 4.78 is 0. The lowest BCUT2D eigenvalue weighted by molar-refractivity contribution is 1.25. The van der Waals surface area contributed by atoms with Crippen LogP contribution in [0.4, 0.5) is 0 Å². The zero-order chi connectivity index (χ0) is 8.27. The Bertz CT molecular complexity index is 265. The van der Waals surface area contributed by atoms with Crippen molar-refractivity contribution in [3.63, 3.8) is 0 Å². The maximum atomic E-state index is 4.32. The molecule has 3 heteroatoms. The Labute approximate surface area is 79.3 Å². The fraction of sp³-hybridized carbons (Fsp3) is 0.375. The van der Waals surface area contributed by atoms with E-state index in [0.717, 1.165) is 16.0 Å². The van der Waals surface area contributed by atoms with Crippen LogP contribution in [-0.2, 0) is 0 Å². The first-order valence-corrected chi connectivity index (χ1v) is 5.38. The molecular formula is C8H10BrNS. The van der Waals surface area contributed by atoms with Gasteiger partial charge < -0.3 is 0 Å². The van der Waals surface area contributed by atoms with Crippen molar-refractivity contribution in [1.29, 1.82) is 0 Å². The molecule has 60 valence electrons. The van der Waals surface area contributed by atoms with E-state index in [2.05, 4.69) is 39.3 Å². The molecular weight excluding hydrogens is 222 g/mol. The number of halogens is 1. The van der Waals surface area contributed by atoms with E-state index >= 15 is 0 Å². The van der Waals surface area contributed by atoms with Gasteiger partial charge in [0, 0.05) is 16.4 Å². The molecule has 1 aromatic rings. The van der Waals surface area contributed by atoms with E-state index in [1.54, 1.807) is 11.3 Å². The normalized spacial score (nSPS) is 12.1. The Kier molecular flexibility index (Phi) is 3.27. The number of thiazole rings is 1. The Morgan fingerprint density at radius 2 is 2.55 bits per heavy atom. The summed E-state index contributed by atoms with van der Waals surface area (Å²) in [6, 6.07) is 0. The largest absolute Gasteiger partial charge is 0.242 e. The van der Waals surface area contributed by atoms with Gasteiger partial charge in [0.1, 0.15) is 5.01 Å². The number of aromatic nitrogens is 1. The Balaban J connectivity index is 2.78. The molecule has 0 saturated carbocycles. The molecule has 0 aromatic carbocycles. The fourth-order valence-electron chi connectivity index (χ4n) is 0.688. The van der Waals surface area contributed by atoms with Crippen LogP contribution in [0.3, 0.4) is 0 Å². The topological polar surface area (TPSA) is 12.9 Å². The van der Waals surface area contributed by atoms with Crippen LogP contribution in [0.5, 0.6) is 0 Å². The van der Waals surface area contributed by atoms with Gasteiger partial charge in [0.15, 0.2) is 0 Å². The molecule has 0 fully saturated rings. The molecule has 1 heterocycles. The summed E-state index contributed by atoms with van der Waals surface area (Å²) in [5.74, 6) is 0. The van der Waals surface area contributed by atoms with Gasteiger partial charge in [-0.3, -0.25) is 0 Å². The number of hydrogen-bond donors (Lipinski definition) is 0. The first kappa shape index (κ1) is 8.94. The van der Waals surface area contributed by atoms with Crippen LogP contribution in [0.15, 0.2) is 11.0 Å². The predicted octanol–water partition coefficient (Wildman–Crippen LogP) is 3.25. The molecule has 0 saturated heterocycles. The SMILES string of the molecule is CC(=Cc1nc(C)cs1)CBr. The van der Waals surface area contributed by atoms with Crippen LogP contribution in [0.2, 0.25) is 0 Å². The van der Waals surface area contributed by atoms with Gasteiger partial charge in [-0.15, -0.1) is 11.3 Å². The maximum Gasteiger partial charge on any atom is 0.116 e. The molecule has 1 rings (SSSR count). The van der Waals surface area contributed by atoms with Crippen LogP contribution in [-0.4, -0.2) is 10.3 Å². The highest BCUT2D eigenvalue weighted by Crippen LogP contribution is 2.13. The Morgan fingerprint density at radius 3 is 3.00 bits per heavy atom. The van der Waals surface area contributed by atoms with Gasteiger partial charge in [0.05, 0.1) is 0 Å². The summed E-state index contributed by atoms with van der Waals surface area (Å²) >= 11 is 5.07. The van der Waals surface area contributed by atoms with Gasteiger partial charge >= 0.3 is 0 Å². The first-order chi connectivity index (χ1) is 5.22. The zero-order valence-electron chi connectivity index (χ0n) is 6.60. The number of allylic oxidation sites excluding steroid dienone is 1. The second kappa shape index (κ2) is 4.02. The zero-order valence-corrected chi connectivity index (χ0v) is 9.00. The van der Waals surface area contributed by atoms with Crippen LogP contribution in [0, 0.1) is 6.92 Å². The van der Waals surface area contributed by atoms with E-state index in [1.165, 1.54) is 5.57 Å². The first-order valence-electron chi connectivity index (χ1n) is 3.37. The minimum atomic E-state index is 0.922. The molecule has 0 aliphatic carbocycles. The molecule has 0 unspecified atom stereocenters. The van der Waals surface area contributed by atoms with Crippen LogP contribution >= 0.6 is 27.3 Å². The lowest BCUT2D eigenvalue weighted by Crippen LogP contribution is -1.76. The van der Waals surface area contributed by atoms with Crippen LogP contribution in [0.1, 0.15) is 17.6 Å². The van der Waals surface area contributed by atoms with Gasteiger partial charge in [-0.25, -0.2) is 4.98 Å². The second-order valence-electron chi connectivity index (χ2n) is 2.45. The number of hydrogen-bond acceptors (Lipinski definition) is 2. The third kappa shape index (κ3) is 2.75. The molecule has 0 amide bonds. The van der Waals surface area contributed by atoms with Crippen molar-refractivity contribution in [3.8, 4) is 0 Å². The predicted molar refractivity (Wildman–Crippen MR) is 54.3 cm³/mol. The van der Waals surface area contributed by atoms with E-state index < -0.39 is 0 Å². The van der Waals surface area contributed by atoms with Gasteiger partial charge in [0.2, 0.25) is 0 Å². The Hall–Kier alpha value is -0.150. The fourth-order valence-corrected chi connectivity index (χ4v) is 1.66. The van der Waals surface area contributed by atoms with Gasteiger partial charge in [0.25, 0.3) is 0 Å².